The first-order chi connectivity index (χ1) is 12.1. The van der Waals surface area contributed by atoms with Crippen molar-refractivity contribution >= 4 is 16.7 Å². The van der Waals surface area contributed by atoms with Gasteiger partial charge in [-0.25, -0.2) is 4.79 Å². The smallest absolute Gasteiger partial charge is 0.340 e. The standard InChI is InChI=1S/C21H20O4/c1-14-7-9-17(13-15(14)2)24-11-12-25-19-10-8-16-5-3-4-6-18(16)20(19)21(22)23/h3-10,13H,11-12H2,1-2H3,(H,22,23). The molecule has 0 spiro atoms. The van der Waals surface area contributed by atoms with Crippen molar-refractivity contribution < 1.29 is 19.4 Å². The summed E-state index contributed by atoms with van der Waals surface area (Å²) in [5.41, 5.74) is 2.57. The van der Waals surface area contributed by atoms with Gasteiger partial charge in [-0.15, -0.1) is 0 Å². The van der Waals surface area contributed by atoms with E-state index in [2.05, 4.69) is 6.92 Å². The third-order valence-electron chi connectivity index (χ3n) is 4.19. The van der Waals surface area contributed by atoms with Crippen LogP contribution in [0.4, 0.5) is 0 Å². The zero-order chi connectivity index (χ0) is 17.8. The van der Waals surface area contributed by atoms with Gasteiger partial charge in [0.05, 0.1) is 0 Å². The first-order valence-corrected chi connectivity index (χ1v) is 8.14. The van der Waals surface area contributed by atoms with Crippen molar-refractivity contribution in [2.24, 2.45) is 0 Å². The maximum Gasteiger partial charge on any atom is 0.340 e. The number of carboxylic acid groups (broad SMARTS) is 1. The van der Waals surface area contributed by atoms with Crippen LogP contribution in [0.3, 0.4) is 0 Å². The van der Waals surface area contributed by atoms with E-state index in [1.54, 1.807) is 12.1 Å². The molecule has 0 bridgehead atoms. The molecule has 0 atom stereocenters. The largest absolute Gasteiger partial charge is 0.490 e. The van der Waals surface area contributed by atoms with E-state index >= 15 is 0 Å². The molecule has 0 aliphatic heterocycles. The summed E-state index contributed by atoms with van der Waals surface area (Å²) in [5, 5.41) is 11.1. The van der Waals surface area contributed by atoms with Crippen LogP contribution in [-0.2, 0) is 0 Å². The van der Waals surface area contributed by atoms with E-state index in [0.29, 0.717) is 17.7 Å². The highest BCUT2D eigenvalue weighted by molar-refractivity contribution is 6.06. The van der Waals surface area contributed by atoms with Crippen molar-refractivity contribution in [1.82, 2.24) is 0 Å². The number of benzene rings is 3. The number of fused-ring (bicyclic) bond motifs is 1. The van der Waals surface area contributed by atoms with E-state index in [1.807, 2.05) is 49.4 Å². The predicted molar refractivity (Wildman–Crippen MR) is 97.8 cm³/mol. The minimum absolute atomic E-state index is 0.185. The van der Waals surface area contributed by atoms with Gasteiger partial charge in [0.15, 0.2) is 0 Å². The van der Waals surface area contributed by atoms with Crippen molar-refractivity contribution in [1.29, 1.82) is 0 Å². The summed E-state index contributed by atoms with van der Waals surface area (Å²) in [7, 11) is 0. The Kier molecular flexibility index (Phi) is 4.89. The lowest BCUT2D eigenvalue weighted by Gasteiger charge is -2.13. The number of aromatic carboxylic acids is 1. The lowest BCUT2D eigenvalue weighted by Crippen LogP contribution is -2.11. The molecule has 4 nitrogen and oxygen atoms in total. The highest BCUT2D eigenvalue weighted by Crippen LogP contribution is 2.28. The second kappa shape index (κ2) is 7.26. The molecule has 128 valence electrons. The molecule has 0 heterocycles. The Labute approximate surface area is 146 Å². The number of aryl methyl sites for hydroxylation is 2. The molecule has 0 saturated carbocycles. The third kappa shape index (κ3) is 3.74. The Morgan fingerprint density at radius 3 is 2.44 bits per heavy atom. The third-order valence-corrected chi connectivity index (χ3v) is 4.19. The monoisotopic (exact) mass is 336 g/mol. The minimum Gasteiger partial charge on any atom is -0.490 e. The molecule has 0 radical (unpaired) electrons. The molecule has 0 saturated heterocycles. The summed E-state index contributed by atoms with van der Waals surface area (Å²) < 4.78 is 11.4. The maximum atomic E-state index is 11.6. The highest BCUT2D eigenvalue weighted by atomic mass is 16.5. The fourth-order valence-corrected chi connectivity index (χ4v) is 2.71. The van der Waals surface area contributed by atoms with Gasteiger partial charge in [-0.1, -0.05) is 36.4 Å². The molecule has 3 rings (SSSR count). The van der Waals surface area contributed by atoms with Gasteiger partial charge in [-0.3, -0.25) is 0 Å². The molecule has 0 aliphatic carbocycles. The number of hydrogen-bond donors (Lipinski definition) is 1. The Bertz CT molecular complexity index is 915. The van der Waals surface area contributed by atoms with Gasteiger partial charge in [-0.2, -0.15) is 0 Å². The van der Waals surface area contributed by atoms with Gasteiger partial charge in [0.25, 0.3) is 0 Å². The molecule has 0 aliphatic rings. The lowest BCUT2D eigenvalue weighted by molar-refractivity contribution is 0.0693. The molecule has 0 aromatic heterocycles. The zero-order valence-corrected chi connectivity index (χ0v) is 14.3. The lowest BCUT2D eigenvalue weighted by atomic mass is 10.0. The van der Waals surface area contributed by atoms with Crippen LogP contribution in [0.1, 0.15) is 21.5 Å². The van der Waals surface area contributed by atoms with Crippen LogP contribution in [0.15, 0.2) is 54.6 Å². The molecule has 0 fully saturated rings. The molecule has 1 N–H and O–H groups in total. The number of ether oxygens (including phenoxy) is 2. The molecular formula is C21H20O4. The number of carbonyl (C=O) groups is 1. The van der Waals surface area contributed by atoms with Gasteiger partial charge in [0, 0.05) is 0 Å². The Morgan fingerprint density at radius 1 is 0.920 bits per heavy atom. The van der Waals surface area contributed by atoms with Gasteiger partial charge >= 0.3 is 5.97 Å². The predicted octanol–water partition coefficient (Wildman–Crippen LogP) is 4.61. The first-order valence-electron chi connectivity index (χ1n) is 8.14. The molecule has 3 aromatic carbocycles. The highest BCUT2D eigenvalue weighted by Gasteiger charge is 2.15. The fraction of sp³-hybridized carbons (Fsp3) is 0.190. The summed E-state index contributed by atoms with van der Waals surface area (Å²) in [5.74, 6) is 0.139. The Hall–Kier alpha value is -3.01. The van der Waals surface area contributed by atoms with E-state index < -0.39 is 5.97 Å². The summed E-state index contributed by atoms with van der Waals surface area (Å²) in [6, 6.07) is 16.8. The molecular weight excluding hydrogens is 316 g/mol. The van der Waals surface area contributed by atoms with Crippen molar-refractivity contribution in [2.75, 3.05) is 13.2 Å². The summed E-state index contributed by atoms with van der Waals surface area (Å²) in [6.45, 7) is 4.70. The molecule has 4 heteroatoms. The minimum atomic E-state index is -0.998. The first kappa shape index (κ1) is 16.8. The molecule has 0 unspecified atom stereocenters. The normalized spacial score (nSPS) is 10.6. The number of carboxylic acids is 1. The van der Waals surface area contributed by atoms with Crippen LogP contribution in [-0.4, -0.2) is 24.3 Å². The van der Waals surface area contributed by atoms with Crippen LogP contribution >= 0.6 is 0 Å². The van der Waals surface area contributed by atoms with Crippen molar-refractivity contribution in [3.63, 3.8) is 0 Å². The summed E-state index contributed by atoms with van der Waals surface area (Å²) >= 11 is 0. The van der Waals surface area contributed by atoms with Crippen LogP contribution in [0.25, 0.3) is 10.8 Å². The zero-order valence-electron chi connectivity index (χ0n) is 14.3. The number of rotatable bonds is 6. The van der Waals surface area contributed by atoms with Crippen LogP contribution in [0, 0.1) is 13.8 Å². The maximum absolute atomic E-state index is 11.6. The second-order valence-electron chi connectivity index (χ2n) is 5.91. The molecule has 25 heavy (non-hydrogen) atoms. The summed E-state index contributed by atoms with van der Waals surface area (Å²) in [6.07, 6.45) is 0. The molecule has 0 amide bonds. The van der Waals surface area contributed by atoms with Crippen LogP contribution < -0.4 is 9.47 Å². The van der Waals surface area contributed by atoms with Gasteiger partial charge in [0.1, 0.15) is 30.3 Å². The molecule has 3 aromatic rings. The topological polar surface area (TPSA) is 55.8 Å². The van der Waals surface area contributed by atoms with Crippen LogP contribution in [0.2, 0.25) is 0 Å². The van der Waals surface area contributed by atoms with E-state index in [-0.39, 0.29) is 12.2 Å². The van der Waals surface area contributed by atoms with E-state index in [0.717, 1.165) is 11.1 Å². The van der Waals surface area contributed by atoms with Gasteiger partial charge in [-0.05, 0) is 53.9 Å². The SMILES string of the molecule is Cc1ccc(OCCOc2ccc3ccccc3c2C(=O)O)cc1C. The van der Waals surface area contributed by atoms with E-state index in [9.17, 15) is 9.90 Å². The quantitative estimate of drug-likeness (QED) is 0.668. The van der Waals surface area contributed by atoms with Crippen molar-refractivity contribution in [3.8, 4) is 11.5 Å². The van der Waals surface area contributed by atoms with Crippen molar-refractivity contribution in [3.05, 3.63) is 71.3 Å². The van der Waals surface area contributed by atoms with Crippen molar-refractivity contribution in [2.45, 2.75) is 13.8 Å². The Balaban J connectivity index is 1.69. The van der Waals surface area contributed by atoms with Crippen LogP contribution in [0.5, 0.6) is 11.5 Å². The average molecular weight is 336 g/mol. The second-order valence-corrected chi connectivity index (χ2v) is 5.91. The number of hydrogen-bond acceptors (Lipinski definition) is 3. The fourth-order valence-electron chi connectivity index (χ4n) is 2.71. The average Bonchev–Trinajstić information content (AvgIpc) is 2.61. The van der Waals surface area contributed by atoms with E-state index in [4.69, 9.17) is 9.47 Å². The Morgan fingerprint density at radius 2 is 1.68 bits per heavy atom. The van der Waals surface area contributed by atoms with Gasteiger partial charge < -0.3 is 14.6 Å². The van der Waals surface area contributed by atoms with Gasteiger partial charge in [0.2, 0.25) is 0 Å². The van der Waals surface area contributed by atoms with E-state index in [1.165, 1.54) is 11.1 Å². The summed E-state index contributed by atoms with van der Waals surface area (Å²) in [4.78, 5) is 11.6.